The summed E-state index contributed by atoms with van der Waals surface area (Å²) in [4.78, 5) is 11.4. The molecule has 3 saturated heterocycles. The molecule has 3 rings (SSSR count). The molecule has 7 heteroatoms. The fraction of sp³-hybridized carbons (Fsp3) is 0.929. The van der Waals surface area contributed by atoms with Gasteiger partial charge in [-0.15, -0.1) is 0 Å². The van der Waals surface area contributed by atoms with Gasteiger partial charge in [0.15, 0.2) is 0 Å². The van der Waals surface area contributed by atoms with Crippen molar-refractivity contribution in [1.82, 2.24) is 14.9 Å². The molecule has 0 spiro atoms. The first-order chi connectivity index (χ1) is 10.0. The summed E-state index contributed by atoms with van der Waals surface area (Å²) in [6.07, 6.45) is 4.16. The molecule has 3 heterocycles. The summed E-state index contributed by atoms with van der Waals surface area (Å²) >= 11 is 0. The van der Waals surface area contributed by atoms with Crippen molar-refractivity contribution in [2.24, 2.45) is 11.8 Å². The second-order valence-corrected chi connectivity index (χ2v) is 8.62. The molecule has 3 atom stereocenters. The Hall–Kier alpha value is -0.660. The molecule has 0 radical (unpaired) electrons. The van der Waals surface area contributed by atoms with Gasteiger partial charge in [0.05, 0.1) is 5.75 Å². The third-order valence-electron chi connectivity index (χ3n) is 5.02. The van der Waals surface area contributed by atoms with Crippen molar-refractivity contribution in [2.45, 2.75) is 38.1 Å². The van der Waals surface area contributed by atoms with E-state index in [1.54, 1.807) is 4.31 Å². The van der Waals surface area contributed by atoms with Crippen LogP contribution in [0.1, 0.15) is 32.1 Å². The van der Waals surface area contributed by atoms with Gasteiger partial charge in [-0.05, 0) is 50.6 Å². The molecule has 3 fully saturated rings. The number of fused-ring (bicyclic) bond motifs is 1. The first-order valence-corrected chi connectivity index (χ1v) is 9.63. The van der Waals surface area contributed by atoms with Crippen molar-refractivity contribution in [2.75, 3.05) is 31.9 Å². The summed E-state index contributed by atoms with van der Waals surface area (Å²) in [5.74, 6) is 0.910. The minimum absolute atomic E-state index is 0.112. The molecule has 3 unspecified atom stereocenters. The van der Waals surface area contributed by atoms with Crippen LogP contribution in [0.15, 0.2) is 0 Å². The van der Waals surface area contributed by atoms with Gasteiger partial charge in [-0.1, -0.05) is 0 Å². The van der Waals surface area contributed by atoms with E-state index in [1.807, 2.05) is 0 Å². The van der Waals surface area contributed by atoms with Crippen molar-refractivity contribution < 1.29 is 13.2 Å². The van der Waals surface area contributed by atoms with Crippen molar-refractivity contribution >= 4 is 15.9 Å². The van der Waals surface area contributed by atoms with E-state index in [0.717, 1.165) is 38.8 Å². The van der Waals surface area contributed by atoms with Crippen LogP contribution < -0.4 is 10.6 Å². The van der Waals surface area contributed by atoms with Crippen molar-refractivity contribution in [1.29, 1.82) is 0 Å². The smallest absolute Gasteiger partial charge is 0.220 e. The van der Waals surface area contributed by atoms with Crippen LogP contribution in [0, 0.1) is 11.8 Å². The largest absolute Gasteiger partial charge is 0.353 e. The van der Waals surface area contributed by atoms with E-state index in [0.29, 0.717) is 19.5 Å². The Morgan fingerprint density at radius 1 is 1.24 bits per heavy atom. The maximum Gasteiger partial charge on any atom is 0.220 e. The predicted molar refractivity (Wildman–Crippen MR) is 80.2 cm³/mol. The lowest BCUT2D eigenvalue weighted by atomic mass is 9.86. The predicted octanol–water partition coefficient (Wildman–Crippen LogP) is -0.0837. The normalized spacial score (nSPS) is 35.0. The van der Waals surface area contributed by atoms with Crippen LogP contribution in [-0.4, -0.2) is 56.6 Å². The lowest BCUT2D eigenvalue weighted by Crippen LogP contribution is -2.55. The quantitative estimate of drug-likeness (QED) is 0.763. The highest BCUT2D eigenvalue weighted by atomic mass is 32.2. The lowest BCUT2D eigenvalue weighted by Gasteiger charge is -2.41. The highest BCUT2D eigenvalue weighted by Gasteiger charge is 2.38. The van der Waals surface area contributed by atoms with E-state index in [2.05, 4.69) is 10.6 Å². The van der Waals surface area contributed by atoms with Gasteiger partial charge >= 0.3 is 0 Å². The van der Waals surface area contributed by atoms with Gasteiger partial charge in [-0.25, -0.2) is 12.7 Å². The summed E-state index contributed by atoms with van der Waals surface area (Å²) in [5.41, 5.74) is 0. The number of carbonyl (C=O) groups is 1. The SMILES string of the molecule is O=C1CCC2CN(S(=O)(=O)CC3CCCNC3)CCC2N1. The molecule has 0 saturated carbocycles. The van der Waals surface area contributed by atoms with E-state index in [9.17, 15) is 13.2 Å². The van der Waals surface area contributed by atoms with Crippen LogP contribution in [0.5, 0.6) is 0 Å². The van der Waals surface area contributed by atoms with E-state index in [-0.39, 0.29) is 29.5 Å². The molecule has 0 aromatic carbocycles. The van der Waals surface area contributed by atoms with Crippen LogP contribution in [0.3, 0.4) is 0 Å². The zero-order valence-corrected chi connectivity index (χ0v) is 13.2. The van der Waals surface area contributed by atoms with Gasteiger partial charge in [0, 0.05) is 25.6 Å². The Balaban J connectivity index is 1.59. The Kier molecular flexibility index (Phi) is 4.51. The molecule has 0 aromatic heterocycles. The van der Waals surface area contributed by atoms with Crippen LogP contribution in [0.4, 0.5) is 0 Å². The second-order valence-electron chi connectivity index (χ2n) is 6.61. The van der Waals surface area contributed by atoms with Gasteiger partial charge < -0.3 is 10.6 Å². The Morgan fingerprint density at radius 3 is 2.86 bits per heavy atom. The number of rotatable bonds is 3. The van der Waals surface area contributed by atoms with Crippen LogP contribution in [-0.2, 0) is 14.8 Å². The Labute approximate surface area is 126 Å². The zero-order valence-electron chi connectivity index (χ0n) is 12.4. The minimum Gasteiger partial charge on any atom is -0.353 e. The number of sulfonamides is 1. The maximum absolute atomic E-state index is 12.6. The first-order valence-electron chi connectivity index (χ1n) is 8.02. The lowest BCUT2D eigenvalue weighted by molar-refractivity contribution is -0.124. The summed E-state index contributed by atoms with van der Waals surface area (Å²) in [6, 6.07) is 0.175. The van der Waals surface area contributed by atoms with Gasteiger partial charge in [0.2, 0.25) is 15.9 Å². The van der Waals surface area contributed by atoms with E-state index >= 15 is 0 Å². The Bertz CT molecular complexity index is 488. The van der Waals surface area contributed by atoms with E-state index < -0.39 is 10.0 Å². The molecule has 6 nitrogen and oxygen atoms in total. The molecule has 0 aliphatic carbocycles. The zero-order chi connectivity index (χ0) is 14.9. The number of piperidine rings is 3. The number of nitrogens with zero attached hydrogens (tertiary/aromatic N) is 1. The second kappa shape index (κ2) is 6.22. The molecule has 2 N–H and O–H groups in total. The molecule has 3 aliphatic rings. The van der Waals surface area contributed by atoms with Gasteiger partial charge in [-0.2, -0.15) is 0 Å². The summed E-state index contributed by atoms with van der Waals surface area (Å²) < 4.78 is 26.9. The Morgan fingerprint density at radius 2 is 2.10 bits per heavy atom. The monoisotopic (exact) mass is 315 g/mol. The summed E-state index contributed by atoms with van der Waals surface area (Å²) in [6.45, 7) is 2.94. The van der Waals surface area contributed by atoms with E-state index in [1.165, 1.54) is 0 Å². The number of hydrogen-bond acceptors (Lipinski definition) is 4. The number of nitrogens with one attached hydrogen (secondary N) is 2. The van der Waals surface area contributed by atoms with Crippen molar-refractivity contribution in [3.63, 3.8) is 0 Å². The first kappa shape index (κ1) is 15.2. The molecule has 0 aromatic rings. The molecular weight excluding hydrogens is 290 g/mol. The fourth-order valence-electron chi connectivity index (χ4n) is 3.80. The maximum atomic E-state index is 12.6. The number of hydrogen-bond donors (Lipinski definition) is 2. The average molecular weight is 315 g/mol. The number of amides is 1. The summed E-state index contributed by atoms with van der Waals surface area (Å²) in [5, 5.41) is 6.28. The highest BCUT2D eigenvalue weighted by molar-refractivity contribution is 7.89. The average Bonchev–Trinajstić information content (AvgIpc) is 2.47. The molecule has 21 heavy (non-hydrogen) atoms. The van der Waals surface area contributed by atoms with Crippen LogP contribution in [0.2, 0.25) is 0 Å². The minimum atomic E-state index is -3.17. The third-order valence-corrected chi connectivity index (χ3v) is 7.03. The fourth-order valence-corrected chi connectivity index (χ4v) is 5.69. The molecule has 0 bridgehead atoms. The molecule has 3 aliphatic heterocycles. The highest BCUT2D eigenvalue weighted by Crippen LogP contribution is 2.27. The van der Waals surface area contributed by atoms with Crippen LogP contribution >= 0.6 is 0 Å². The van der Waals surface area contributed by atoms with Crippen molar-refractivity contribution in [3.8, 4) is 0 Å². The molecule has 120 valence electrons. The van der Waals surface area contributed by atoms with Gasteiger partial charge in [0.25, 0.3) is 0 Å². The number of carbonyl (C=O) groups excluding carboxylic acids is 1. The van der Waals surface area contributed by atoms with Gasteiger partial charge in [0.1, 0.15) is 0 Å². The summed E-state index contributed by atoms with van der Waals surface area (Å²) in [7, 11) is -3.17. The molecular formula is C14H25N3O3S. The topological polar surface area (TPSA) is 78.5 Å². The van der Waals surface area contributed by atoms with Gasteiger partial charge in [-0.3, -0.25) is 4.79 Å². The third kappa shape index (κ3) is 3.57. The standard InChI is InChI=1S/C14H25N3O3S/c18-14-4-3-12-9-17(7-5-13(12)16-14)21(19,20)10-11-2-1-6-15-8-11/h11-13,15H,1-10H2,(H,16,18). The van der Waals surface area contributed by atoms with Crippen LogP contribution in [0.25, 0.3) is 0 Å². The molecule has 1 amide bonds. The van der Waals surface area contributed by atoms with Crippen molar-refractivity contribution in [3.05, 3.63) is 0 Å². The van der Waals surface area contributed by atoms with E-state index in [4.69, 9.17) is 0 Å².